The Kier molecular flexibility index (Phi) is 14.0. The number of hydrogen-bond donors (Lipinski definition) is 5. The Balaban J connectivity index is 2.67. The summed E-state index contributed by atoms with van der Waals surface area (Å²) in [6.45, 7) is 2.22. The molecule has 39 heavy (non-hydrogen) atoms. The fraction of sp³-hybridized carbons (Fsp3) is 0.625. The quantitative estimate of drug-likeness (QED) is 0.205. The molecule has 220 valence electrons. The van der Waals surface area contributed by atoms with Gasteiger partial charge in [-0.1, -0.05) is 13.8 Å². The van der Waals surface area contributed by atoms with Gasteiger partial charge in [0.1, 0.15) is 6.10 Å². The molecule has 0 saturated carbocycles. The monoisotopic (exact) mass is 889 g/mol. The SMILES string of the molecule is CC(C)C1OCCC(C(=O)Nc2c(I)c(C(=O)N(C)C(CO)CO)c(I)c(C(=O)N(C)C(CO)CO)c2I)O1. The van der Waals surface area contributed by atoms with Crippen molar-refractivity contribution in [2.45, 2.75) is 44.7 Å². The number of carbonyl (C=O) groups excluding carboxylic acids is 3. The van der Waals surface area contributed by atoms with Crippen molar-refractivity contribution in [3.8, 4) is 0 Å². The molecule has 1 heterocycles. The predicted octanol–water partition coefficient (Wildman–Crippen LogP) is 1.08. The molecule has 2 unspecified atom stereocenters. The number of aliphatic hydroxyl groups excluding tert-OH is 4. The molecule has 0 spiro atoms. The van der Waals surface area contributed by atoms with Gasteiger partial charge in [0.15, 0.2) is 6.29 Å². The maximum Gasteiger partial charge on any atom is 0.256 e. The molecule has 1 aliphatic heterocycles. The second-order valence-electron chi connectivity index (χ2n) is 9.32. The lowest BCUT2D eigenvalue weighted by molar-refractivity contribution is -0.226. The lowest BCUT2D eigenvalue weighted by Gasteiger charge is -2.32. The minimum atomic E-state index is -0.889. The van der Waals surface area contributed by atoms with Crippen molar-refractivity contribution in [1.82, 2.24) is 9.80 Å². The summed E-state index contributed by atoms with van der Waals surface area (Å²) in [5.74, 6) is -1.60. The van der Waals surface area contributed by atoms with Crippen LogP contribution >= 0.6 is 67.8 Å². The van der Waals surface area contributed by atoms with E-state index in [1.807, 2.05) is 81.6 Å². The highest BCUT2D eigenvalue weighted by atomic mass is 127. The van der Waals surface area contributed by atoms with Crippen LogP contribution in [0.2, 0.25) is 0 Å². The molecule has 1 saturated heterocycles. The Labute approximate surface area is 268 Å². The lowest BCUT2D eigenvalue weighted by atomic mass is 10.0. The Hall–Kier alpha value is -0.420. The summed E-state index contributed by atoms with van der Waals surface area (Å²) in [5, 5.41) is 41.4. The number of carbonyl (C=O) groups is 3. The molecule has 0 radical (unpaired) electrons. The van der Waals surface area contributed by atoms with Gasteiger partial charge < -0.3 is 45.0 Å². The first kappa shape index (κ1) is 34.8. The Morgan fingerprint density at radius 1 is 0.872 bits per heavy atom. The summed E-state index contributed by atoms with van der Waals surface area (Å²) in [4.78, 5) is 43.0. The van der Waals surface area contributed by atoms with Crippen molar-refractivity contribution in [2.24, 2.45) is 5.92 Å². The van der Waals surface area contributed by atoms with Crippen molar-refractivity contribution >= 4 is 91.2 Å². The third-order valence-corrected chi connectivity index (χ3v) is 9.61. The van der Waals surface area contributed by atoms with Crippen LogP contribution in [0.4, 0.5) is 5.69 Å². The highest BCUT2D eigenvalue weighted by molar-refractivity contribution is 14.1. The van der Waals surface area contributed by atoms with Gasteiger partial charge in [0, 0.05) is 30.0 Å². The molecule has 3 amide bonds. The molecule has 1 aromatic rings. The number of halogens is 3. The molecule has 1 aromatic carbocycles. The topological polar surface area (TPSA) is 169 Å². The second-order valence-corrected chi connectivity index (χ2v) is 12.6. The van der Waals surface area contributed by atoms with E-state index in [0.29, 0.717) is 20.2 Å². The molecule has 0 bridgehead atoms. The number of nitrogens with one attached hydrogen (secondary N) is 1. The van der Waals surface area contributed by atoms with Crippen LogP contribution in [0.3, 0.4) is 0 Å². The van der Waals surface area contributed by atoms with Crippen molar-refractivity contribution < 1.29 is 44.3 Å². The molecule has 2 rings (SSSR count). The summed E-state index contributed by atoms with van der Waals surface area (Å²) < 4.78 is 12.4. The van der Waals surface area contributed by atoms with Crippen molar-refractivity contribution in [3.05, 3.63) is 21.8 Å². The summed E-state index contributed by atoms with van der Waals surface area (Å²) in [7, 11) is 2.84. The summed E-state index contributed by atoms with van der Waals surface area (Å²) in [5.41, 5.74) is 0.409. The van der Waals surface area contributed by atoms with Crippen LogP contribution in [-0.2, 0) is 14.3 Å². The van der Waals surface area contributed by atoms with Crippen LogP contribution in [0.15, 0.2) is 0 Å². The van der Waals surface area contributed by atoms with Gasteiger partial charge in [-0.25, -0.2) is 0 Å². The van der Waals surface area contributed by atoms with Gasteiger partial charge in [0.2, 0.25) is 0 Å². The van der Waals surface area contributed by atoms with E-state index < -0.39 is 68.6 Å². The van der Waals surface area contributed by atoms with E-state index in [-0.39, 0.29) is 26.3 Å². The van der Waals surface area contributed by atoms with Crippen LogP contribution in [0.5, 0.6) is 0 Å². The molecule has 5 N–H and O–H groups in total. The fourth-order valence-electron chi connectivity index (χ4n) is 3.75. The zero-order chi connectivity index (χ0) is 29.6. The van der Waals surface area contributed by atoms with Gasteiger partial charge in [0.05, 0.1) is 69.1 Å². The van der Waals surface area contributed by atoms with Gasteiger partial charge in [-0.3, -0.25) is 14.4 Å². The number of likely N-dealkylation sites (N-methyl/N-ethyl adjacent to an activating group) is 2. The Morgan fingerprint density at radius 2 is 1.31 bits per heavy atom. The van der Waals surface area contributed by atoms with Crippen molar-refractivity contribution in [2.75, 3.05) is 52.4 Å². The molecule has 15 heteroatoms. The molecule has 12 nitrogen and oxygen atoms in total. The summed E-state index contributed by atoms with van der Waals surface area (Å²) in [6, 6.07) is -1.78. The van der Waals surface area contributed by atoms with E-state index in [0.717, 1.165) is 0 Å². The van der Waals surface area contributed by atoms with E-state index in [9.17, 15) is 34.8 Å². The average Bonchev–Trinajstić information content (AvgIpc) is 2.91. The molecular weight excluding hydrogens is 855 g/mol. The van der Waals surface area contributed by atoms with Gasteiger partial charge in [-0.05, 0) is 67.8 Å². The van der Waals surface area contributed by atoms with Crippen LogP contribution in [0, 0.1) is 16.6 Å². The van der Waals surface area contributed by atoms with Crippen LogP contribution in [0.1, 0.15) is 41.0 Å². The van der Waals surface area contributed by atoms with Gasteiger partial charge in [0.25, 0.3) is 17.7 Å². The van der Waals surface area contributed by atoms with Crippen LogP contribution < -0.4 is 5.32 Å². The molecule has 2 atom stereocenters. The first-order chi connectivity index (χ1) is 18.4. The van der Waals surface area contributed by atoms with Gasteiger partial charge in [-0.15, -0.1) is 0 Å². The highest BCUT2D eigenvalue weighted by Crippen LogP contribution is 2.37. The van der Waals surface area contributed by atoms with E-state index in [1.165, 1.54) is 23.9 Å². The summed E-state index contributed by atoms with van der Waals surface area (Å²) >= 11 is 5.73. The Morgan fingerprint density at radius 3 is 1.69 bits per heavy atom. The summed E-state index contributed by atoms with van der Waals surface area (Å²) in [6.07, 6.45) is -1.05. The maximum absolute atomic E-state index is 13.6. The van der Waals surface area contributed by atoms with E-state index in [2.05, 4.69) is 5.32 Å². The zero-order valence-corrected chi connectivity index (χ0v) is 28.5. The number of aliphatic hydroxyl groups is 4. The minimum Gasteiger partial charge on any atom is -0.394 e. The number of amides is 3. The second kappa shape index (κ2) is 15.7. The van der Waals surface area contributed by atoms with E-state index in [4.69, 9.17) is 9.47 Å². The standard InChI is InChI=1S/C24H34I3N3O9/c1-11(2)24-38-6-5-14(39-24)21(35)28-20-18(26)15(22(36)29(3)12(7-31)8-32)17(25)16(19(20)27)23(37)30(4)13(9-33)10-34/h11-14,24,31-34H,5-10H2,1-4H3,(H,28,35). The predicted molar refractivity (Wildman–Crippen MR) is 167 cm³/mol. The molecule has 1 fully saturated rings. The number of hydrogen-bond acceptors (Lipinski definition) is 9. The molecular formula is C24H34I3N3O9. The zero-order valence-electron chi connectivity index (χ0n) is 22.0. The fourth-order valence-corrected chi connectivity index (χ4v) is 8.10. The first-order valence-corrected chi connectivity index (χ1v) is 15.4. The number of benzene rings is 1. The maximum atomic E-state index is 13.6. The van der Waals surface area contributed by atoms with Gasteiger partial charge in [-0.2, -0.15) is 0 Å². The van der Waals surface area contributed by atoms with Crippen LogP contribution in [0.25, 0.3) is 0 Å². The minimum absolute atomic E-state index is 0.0238. The molecule has 1 aliphatic rings. The van der Waals surface area contributed by atoms with Gasteiger partial charge >= 0.3 is 0 Å². The number of ether oxygens (including phenoxy) is 2. The number of anilines is 1. The van der Waals surface area contributed by atoms with Crippen LogP contribution in [-0.4, -0.2) is 120 Å². The number of nitrogens with zero attached hydrogens (tertiary/aromatic N) is 2. The first-order valence-electron chi connectivity index (χ1n) is 12.1. The third-order valence-electron chi connectivity index (χ3n) is 6.37. The number of rotatable bonds is 11. The lowest BCUT2D eigenvalue weighted by Crippen LogP contribution is -2.44. The van der Waals surface area contributed by atoms with Crippen molar-refractivity contribution in [1.29, 1.82) is 0 Å². The van der Waals surface area contributed by atoms with E-state index in [1.54, 1.807) is 0 Å². The normalized spacial score (nSPS) is 17.6. The van der Waals surface area contributed by atoms with E-state index >= 15 is 0 Å². The smallest absolute Gasteiger partial charge is 0.256 e. The van der Waals surface area contributed by atoms with Crippen molar-refractivity contribution in [3.63, 3.8) is 0 Å². The Bertz CT molecular complexity index is 994. The highest BCUT2D eigenvalue weighted by Gasteiger charge is 2.35. The molecule has 0 aliphatic carbocycles. The largest absolute Gasteiger partial charge is 0.394 e. The third kappa shape index (κ3) is 7.90. The molecule has 0 aromatic heterocycles. The average molecular weight is 889 g/mol.